The maximum Gasteiger partial charge on any atom is 1.00 e. The molecule has 0 radical (unpaired) electrons. The minimum absolute atomic E-state index is 0. The van der Waals surface area contributed by atoms with Gasteiger partial charge in [-0.2, -0.15) is 0 Å². The third kappa shape index (κ3) is 4.86. The Hall–Kier alpha value is 1.10. The summed E-state index contributed by atoms with van der Waals surface area (Å²) in [6, 6.07) is 0. The quantitative estimate of drug-likeness (QED) is 0.480. The molecule has 0 unspecified atom stereocenters. The second-order valence-electron chi connectivity index (χ2n) is 2.78. The van der Waals surface area contributed by atoms with Crippen LogP contribution in [0.4, 0.5) is 12.9 Å². The van der Waals surface area contributed by atoms with Crippen LogP contribution >= 0.6 is 22.6 Å². The van der Waals surface area contributed by atoms with Gasteiger partial charge in [0.15, 0.2) is 0 Å². The van der Waals surface area contributed by atoms with Gasteiger partial charge in [0.25, 0.3) is 5.56 Å². The minimum Gasteiger partial charge on any atom is -0.448 e. The summed E-state index contributed by atoms with van der Waals surface area (Å²) < 4.78 is 37.1. The van der Waals surface area contributed by atoms with Crippen molar-refractivity contribution in [2.24, 2.45) is 0 Å². The molecule has 0 aromatic carbocycles. The van der Waals surface area contributed by atoms with Gasteiger partial charge in [-0.25, -0.2) is 4.98 Å². The standard InChI is InChI=1S/C6H6BF3IN2O.K/c1-4-12-2-5(11)6(14)13(4)3-7(8,9)10;/h2H,3H2,1H3;/q-1;+1. The van der Waals surface area contributed by atoms with Gasteiger partial charge in [-0.15, -0.1) is 0 Å². The maximum atomic E-state index is 12.1. The molecule has 1 aromatic rings. The normalized spacial score (nSPS) is 11.0. The number of hydrogen-bond acceptors (Lipinski definition) is 2. The molecule has 9 heteroatoms. The third-order valence-electron chi connectivity index (χ3n) is 1.59. The van der Waals surface area contributed by atoms with Gasteiger partial charge in [0.1, 0.15) is 5.82 Å². The SMILES string of the molecule is Cc1ncc(I)c(=O)n1C[B-](F)(F)F.[K+]. The van der Waals surface area contributed by atoms with Gasteiger partial charge in [-0.1, -0.05) is 0 Å². The molecule has 1 rings (SSSR count). The fraction of sp³-hybridized carbons (Fsp3) is 0.333. The van der Waals surface area contributed by atoms with Crippen LogP contribution < -0.4 is 56.9 Å². The van der Waals surface area contributed by atoms with Crippen molar-refractivity contribution in [1.29, 1.82) is 0 Å². The van der Waals surface area contributed by atoms with Gasteiger partial charge in [-0.05, 0) is 36.0 Å². The van der Waals surface area contributed by atoms with Crippen LogP contribution in [0.1, 0.15) is 5.82 Å². The number of aromatic nitrogens is 2. The summed E-state index contributed by atoms with van der Waals surface area (Å²) in [5, 5.41) is 0. The smallest absolute Gasteiger partial charge is 0.448 e. The van der Waals surface area contributed by atoms with Crippen molar-refractivity contribution in [2.75, 3.05) is 0 Å². The average molecular weight is 356 g/mol. The number of hydrogen-bond donors (Lipinski definition) is 0. The second-order valence-corrected chi connectivity index (χ2v) is 3.94. The number of nitrogens with zero attached hydrogens (tertiary/aromatic N) is 2. The van der Waals surface area contributed by atoms with E-state index in [1.807, 2.05) is 0 Å². The molecule has 0 fully saturated rings. The van der Waals surface area contributed by atoms with Crippen molar-refractivity contribution in [1.82, 2.24) is 9.55 Å². The Kier molecular flexibility index (Phi) is 6.60. The molecule has 15 heavy (non-hydrogen) atoms. The van der Waals surface area contributed by atoms with Crippen LogP contribution in [-0.2, 0) is 6.44 Å². The predicted octanol–water partition coefficient (Wildman–Crippen LogP) is -1.45. The molecule has 0 aliphatic rings. The molecule has 0 amide bonds. The monoisotopic (exact) mass is 356 g/mol. The van der Waals surface area contributed by atoms with Crippen LogP contribution in [0, 0.1) is 10.5 Å². The molecule has 1 heterocycles. The van der Waals surface area contributed by atoms with Crippen molar-refractivity contribution in [2.45, 2.75) is 13.4 Å². The zero-order valence-corrected chi connectivity index (χ0v) is 13.5. The van der Waals surface area contributed by atoms with Gasteiger partial charge in [0.05, 0.1) is 3.57 Å². The minimum atomic E-state index is -5.02. The first kappa shape index (κ1) is 16.1. The summed E-state index contributed by atoms with van der Waals surface area (Å²) in [7, 11) is 0. The summed E-state index contributed by atoms with van der Waals surface area (Å²) in [4.78, 5) is 15.0. The molecule has 0 saturated carbocycles. The Bertz CT molecular complexity index is 408. The Morgan fingerprint density at radius 3 is 2.53 bits per heavy atom. The van der Waals surface area contributed by atoms with Gasteiger partial charge < -0.3 is 17.5 Å². The second kappa shape index (κ2) is 6.15. The first-order valence-corrected chi connectivity index (χ1v) is 4.82. The van der Waals surface area contributed by atoms with Crippen molar-refractivity contribution in [3.05, 3.63) is 25.9 Å². The van der Waals surface area contributed by atoms with Crippen LogP contribution in [0.25, 0.3) is 0 Å². The van der Waals surface area contributed by atoms with E-state index in [9.17, 15) is 17.7 Å². The van der Waals surface area contributed by atoms with Gasteiger partial charge in [0, 0.05) is 6.20 Å². The fourth-order valence-electron chi connectivity index (χ4n) is 0.973. The molecule has 78 valence electrons. The van der Waals surface area contributed by atoms with Crippen LogP contribution in [0.15, 0.2) is 11.0 Å². The molecule has 0 bridgehead atoms. The molecule has 0 spiro atoms. The number of aryl methyl sites for hydroxylation is 1. The molecular formula is C6H6BF3IKN2O. The Labute approximate surface area is 140 Å². The number of rotatable bonds is 2. The van der Waals surface area contributed by atoms with E-state index >= 15 is 0 Å². The molecule has 0 atom stereocenters. The maximum absolute atomic E-state index is 12.1. The van der Waals surface area contributed by atoms with Crippen LogP contribution in [0.2, 0.25) is 0 Å². The van der Waals surface area contributed by atoms with E-state index in [-0.39, 0.29) is 60.8 Å². The number of halogens is 4. The zero-order chi connectivity index (χ0) is 10.9. The van der Waals surface area contributed by atoms with Crippen molar-refractivity contribution in [3.8, 4) is 0 Å². The largest absolute Gasteiger partial charge is 1.00 e. The van der Waals surface area contributed by atoms with Crippen LogP contribution in [0.3, 0.4) is 0 Å². The third-order valence-corrected chi connectivity index (χ3v) is 2.33. The zero-order valence-electron chi connectivity index (χ0n) is 8.18. The summed E-state index contributed by atoms with van der Waals surface area (Å²) in [6.45, 7) is -3.64. The van der Waals surface area contributed by atoms with E-state index in [2.05, 4.69) is 4.98 Å². The molecule has 0 N–H and O–H groups in total. The van der Waals surface area contributed by atoms with Crippen molar-refractivity contribution >= 4 is 29.6 Å². The summed E-state index contributed by atoms with van der Waals surface area (Å²) >= 11 is 1.66. The van der Waals surface area contributed by atoms with E-state index in [1.54, 1.807) is 22.6 Å². The van der Waals surface area contributed by atoms with Crippen molar-refractivity contribution < 1.29 is 64.3 Å². The molecule has 3 nitrogen and oxygen atoms in total. The molecular weight excluding hydrogens is 350 g/mol. The van der Waals surface area contributed by atoms with Gasteiger partial charge >= 0.3 is 58.4 Å². The summed E-state index contributed by atoms with van der Waals surface area (Å²) in [6.07, 6.45) is 0.0343. The van der Waals surface area contributed by atoms with E-state index < -0.39 is 19.0 Å². The van der Waals surface area contributed by atoms with E-state index in [1.165, 1.54) is 13.1 Å². The Morgan fingerprint density at radius 2 is 2.07 bits per heavy atom. The molecule has 1 aromatic heterocycles. The average Bonchev–Trinajstić information content (AvgIpc) is 2.04. The molecule has 0 aliphatic heterocycles. The van der Waals surface area contributed by atoms with Crippen molar-refractivity contribution in [3.63, 3.8) is 0 Å². The van der Waals surface area contributed by atoms with Crippen LogP contribution in [-0.4, -0.2) is 16.5 Å². The van der Waals surface area contributed by atoms with Gasteiger partial charge in [0.2, 0.25) is 0 Å². The van der Waals surface area contributed by atoms with Crippen LogP contribution in [0.5, 0.6) is 0 Å². The van der Waals surface area contributed by atoms with E-state index in [0.717, 1.165) is 0 Å². The summed E-state index contributed by atoms with van der Waals surface area (Å²) in [5.41, 5.74) is -0.641. The summed E-state index contributed by atoms with van der Waals surface area (Å²) in [5.74, 6) is 0.0783. The first-order chi connectivity index (χ1) is 6.31. The predicted molar refractivity (Wildman–Crippen MR) is 55.0 cm³/mol. The van der Waals surface area contributed by atoms with E-state index in [4.69, 9.17) is 0 Å². The Morgan fingerprint density at radius 1 is 1.53 bits per heavy atom. The Balaban J connectivity index is 0.00000196. The molecule has 0 aliphatic carbocycles. The van der Waals surface area contributed by atoms with E-state index in [0.29, 0.717) is 4.57 Å². The fourth-order valence-corrected chi connectivity index (χ4v) is 1.40. The van der Waals surface area contributed by atoms with Gasteiger partial charge in [-0.3, -0.25) is 4.79 Å². The topological polar surface area (TPSA) is 34.9 Å². The first-order valence-electron chi connectivity index (χ1n) is 3.74. The molecule has 0 saturated heterocycles.